The van der Waals surface area contributed by atoms with Crippen molar-refractivity contribution in [3.8, 4) is 0 Å². The quantitative estimate of drug-likeness (QED) is 0.599. The van der Waals surface area contributed by atoms with Gasteiger partial charge in [-0.15, -0.1) is 0 Å². The van der Waals surface area contributed by atoms with Crippen LogP contribution in [-0.4, -0.2) is 16.2 Å². The van der Waals surface area contributed by atoms with Gasteiger partial charge in [0.2, 0.25) is 0 Å². The molecule has 0 saturated carbocycles. The molecule has 0 aromatic heterocycles. The third-order valence-corrected chi connectivity index (χ3v) is 3.74. The smallest absolute Gasteiger partial charge is 0.0203 e. The molecule has 0 aliphatic rings. The molecule has 0 saturated heterocycles. The van der Waals surface area contributed by atoms with Crippen molar-refractivity contribution in [1.82, 2.24) is 3.11 Å². The van der Waals surface area contributed by atoms with Crippen LogP contribution < -0.4 is 0 Å². The molecule has 2 heteroatoms. The van der Waals surface area contributed by atoms with E-state index in [1.165, 1.54) is 11.1 Å². The average Bonchev–Trinajstić information content (AvgIpc) is 2.18. The van der Waals surface area contributed by atoms with E-state index in [-0.39, 0.29) is 0 Å². The maximum absolute atomic E-state index is 2.35. The molecule has 0 N–H and O–H groups in total. The highest BCUT2D eigenvalue weighted by Gasteiger charge is 2.07. The second-order valence-corrected chi connectivity index (χ2v) is 6.00. The molecule has 0 bridgehead atoms. The minimum atomic E-state index is 0.593. The van der Waals surface area contributed by atoms with Crippen molar-refractivity contribution in [2.75, 3.05) is 7.05 Å². The van der Waals surface area contributed by atoms with Crippen LogP contribution in [0, 0.1) is 0 Å². The maximum atomic E-state index is 2.35. The van der Waals surface area contributed by atoms with Crippen LogP contribution in [0.5, 0.6) is 0 Å². The Morgan fingerprint density at radius 3 is 2.07 bits per heavy atom. The lowest BCUT2D eigenvalue weighted by molar-refractivity contribution is 0.467. The zero-order valence-corrected chi connectivity index (χ0v) is 12.2. The first kappa shape index (κ1) is 13.0. The second kappa shape index (κ2) is 5.85. The van der Waals surface area contributed by atoms with Crippen LogP contribution in [0.25, 0.3) is 0 Å². The van der Waals surface area contributed by atoms with Crippen molar-refractivity contribution in [1.29, 1.82) is 0 Å². The lowest BCUT2D eigenvalue weighted by atomic mass is 9.99. The normalized spacial score (nSPS) is 13.5. The van der Waals surface area contributed by atoms with E-state index in [9.17, 15) is 0 Å². The topological polar surface area (TPSA) is 3.24 Å². The highest BCUT2D eigenvalue weighted by Crippen LogP contribution is 2.16. The molecule has 0 aliphatic heterocycles. The van der Waals surface area contributed by atoms with E-state index in [4.69, 9.17) is 0 Å². The lowest BCUT2D eigenvalue weighted by Crippen LogP contribution is -2.21. The van der Waals surface area contributed by atoms with Crippen LogP contribution in [-0.2, 0) is 6.42 Å². The molecule has 0 amide bonds. The standard InChI is InChI=1S/C13H20IN/c1-10(2)13-7-5-12(6-8-13)9-11(3)15(4)14/h5-8,10-11H,9H2,1-4H3. The van der Waals surface area contributed by atoms with Gasteiger partial charge in [-0.2, -0.15) is 0 Å². The van der Waals surface area contributed by atoms with Crippen LogP contribution in [0.1, 0.15) is 37.8 Å². The fraction of sp³-hybridized carbons (Fsp3) is 0.538. The Balaban J connectivity index is 2.64. The van der Waals surface area contributed by atoms with Gasteiger partial charge in [0.1, 0.15) is 0 Å². The average molecular weight is 317 g/mol. The van der Waals surface area contributed by atoms with Gasteiger partial charge >= 0.3 is 0 Å². The van der Waals surface area contributed by atoms with Crippen LogP contribution >= 0.6 is 22.9 Å². The Morgan fingerprint density at radius 2 is 1.67 bits per heavy atom. The number of nitrogens with zero attached hydrogens (tertiary/aromatic N) is 1. The summed E-state index contributed by atoms with van der Waals surface area (Å²) >= 11 is 2.35. The fourth-order valence-corrected chi connectivity index (χ4v) is 1.70. The Hall–Kier alpha value is -0.0900. The van der Waals surface area contributed by atoms with Gasteiger partial charge in [-0.3, -0.25) is 0 Å². The van der Waals surface area contributed by atoms with Crippen molar-refractivity contribution in [2.24, 2.45) is 0 Å². The van der Waals surface area contributed by atoms with E-state index in [1.54, 1.807) is 0 Å². The van der Waals surface area contributed by atoms with Gasteiger partial charge in [-0.05, 0) is 37.4 Å². The van der Waals surface area contributed by atoms with Crippen LogP contribution in [0.15, 0.2) is 24.3 Å². The summed E-state index contributed by atoms with van der Waals surface area (Å²) in [6.07, 6.45) is 1.12. The predicted octanol–water partition coefficient (Wildman–Crippen LogP) is 4.02. The molecule has 0 aliphatic carbocycles. The van der Waals surface area contributed by atoms with Crippen molar-refractivity contribution < 1.29 is 0 Å². The Bertz CT molecular complexity index is 290. The largest absolute Gasteiger partial charge is 0.248 e. The summed E-state index contributed by atoms with van der Waals surface area (Å²) in [5.41, 5.74) is 2.85. The number of halogens is 1. The number of rotatable bonds is 4. The SMILES string of the molecule is CC(C)c1ccc(CC(C)N(C)I)cc1. The number of hydrogen-bond donors (Lipinski definition) is 0. The molecule has 1 nitrogen and oxygen atoms in total. The zero-order valence-electron chi connectivity index (χ0n) is 10.00. The molecule has 0 heterocycles. The molecule has 1 aromatic rings. The summed E-state index contributed by atoms with van der Waals surface area (Å²) in [6.45, 7) is 6.72. The molecular formula is C13H20IN. The van der Waals surface area contributed by atoms with Crippen molar-refractivity contribution >= 4 is 22.9 Å². The van der Waals surface area contributed by atoms with Gasteiger partial charge in [0, 0.05) is 28.9 Å². The summed E-state index contributed by atoms with van der Waals surface area (Å²) < 4.78 is 2.23. The first-order valence-electron chi connectivity index (χ1n) is 5.48. The van der Waals surface area contributed by atoms with E-state index in [1.807, 2.05) is 0 Å². The summed E-state index contributed by atoms with van der Waals surface area (Å²) in [5.74, 6) is 0.628. The van der Waals surface area contributed by atoms with Crippen LogP contribution in [0.3, 0.4) is 0 Å². The van der Waals surface area contributed by atoms with Crippen LogP contribution in [0.4, 0.5) is 0 Å². The molecule has 0 radical (unpaired) electrons. The summed E-state index contributed by atoms with van der Waals surface area (Å²) in [7, 11) is 2.12. The highest BCUT2D eigenvalue weighted by atomic mass is 127. The molecule has 1 unspecified atom stereocenters. The minimum Gasteiger partial charge on any atom is -0.248 e. The molecule has 1 rings (SSSR count). The summed E-state index contributed by atoms with van der Waals surface area (Å²) in [6, 6.07) is 9.60. The fourth-order valence-electron chi connectivity index (χ4n) is 1.51. The van der Waals surface area contributed by atoms with Gasteiger partial charge in [-0.1, -0.05) is 38.1 Å². The molecule has 84 valence electrons. The van der Waals surface area contributed by atoms with Gasteiger partial charge in [0.25, 0.3) is 0 Å². The van der Waals surface area contributed by atoms with Gasteiger partial charge in [-0.25, -0.2) is 3.11 Å². The third kappa shape index (κ3) is 4.11. The lowest BCUT2D eigenvalue weighted by Gasteiger charge is -2.17. The minimum absolute atomic E-state index is 0.593. The Labute approximate surface area is 107 Å². The number of benzene rings is 1. The summed E-state index contributed by atoms with van der Waals surface area (Å²) in [5, 5.41) is 0. The van der Waals surface area contributed by atoms with E-state index in [0.717, 1.165) is 6.42 Å². The van der Waals surface area contributed by atoms with Crippen molar-refractivity contribution in [3.63, 3.8) is 0 Å². The molecule has 15 heavy (non-hydrogen) atoms. The molecule has 1 aromatic carbocycles. The molecular weight excluding hydrogens is 297 g/mol. The Morgan fingerprint density at radius 1 is 1.13 bits per heavy atom. The van der Waals surface area contributed by atoms with E-state index in [2.05, 4.69) is 78.1 Å². The first-order valence-corrected chi connectivity index (χ1v) is 6.44. The molecule has 0 fully saturated rings. The molecule has 1 atom stereocenters. The monoisotopic (exact) mass is 317 g/mol. The van der Waals surface area contributed by atoms with Gasteiger partial charge in [0.15, 0.2) is 0 Å². The predicted molar refractivity (Wildman–Crippen MR) is 75.5 cm³/mol. The van der Waals surface area contributed by atoms with Gasteiger partial charge < -0.3 is 0 Å². The van der Waals surface area contributed by atoms with Crippen molar-refractivity contribution in [3.05, 3.63) is 35.4 Å². The number of hydrogen-bond acceptors (Lipinski definition) is 1. The van der Waals surface area contributed by atoms with Crippen molar-refractivity contribution in [2.45, 2.75) is 39.2 Å². The van der Waals surface area contributed by atoms with E-state index < -0.39 is 0 Å². The van der Waals surface area contributed by atoms with Crippen LogP contribution in [0.2, 0.25) is 0 Å². The zero-order chi connectivity index (χ0) is 11.4. The highest BCUT2D eigenvalue weighted by molar-refractivity contribution is 14.1. The van der Waals surface area contributed by atoms with E-state index in [0.29, 0.717) is 12.0 Å². The van der Waals surface area contributed by atoms with E-state index >= 15 is 0 Å². The first-order chi connectivity index (χ1) is 7.00. The number of likely N-dealkylation sites (N-methyl/N-ethyl adjacent to an activating group) is 1. The summed E-state index contributed by atoms with van der Waals surface area (Å²) in [4.78, 5) is 0. The van der Waals surface area contributed by atoms with Gasteiger partial charge in [0.05, 0.1) is 0 Å². The third-order valence-electron chi connectivity index (χ3n) is 2.78. The molecule has 0 spiro atoms. The second-order valence-electron chi connectivity index (χ2n) is 4.47. The Kier molecular flexibility index (Phi) is 5.06. The maximum Gasteiger partial charge on any atom is 0.0203 e.